The van der Waals surface area contributed by atoms with E-state index in [9.17, 15) is 18.0 Å². The van der Waals surface area contributed by atoms with Crippen molar-refractivity contribution < 1.29 is 18.0 Å². The highest BCUT2D eigenvalue weighted by Crippen LogP contribution is 2.31. The van der Waals surface area contributed by atoms with Crippen LogP contribution in [0.1, 0.15) is 44.1 Å². The molecule has 2 aromatic rings. The van der Waals surface area contributed by atoms with Gasteiger partial charge in [0, 0.05) is 30.9 Å². The molecule has 2 aromatic carbocycles. The van der Waals surface area contributed by atoms with Gasteiger partial charge in [-0.25, -0.2) is 8.42 Å². The highest BCUT2D eigenvalue weighted by atomic mass is 32.2. The molecule has 4 rings (SSSR count). The SMILES string of the molecule is O=C(CN1C(=O)CCCc2cc(S(=O)(=O)N3CCCCCC3)ccc21)Nc1ccccc1. The lowest BCUT2D eigenvalue weighted by atomic mass is 10.1. The number of carbonyl (C=O) groups excluding carboxylic acids is 2. The van der Waals surface area contributed by atoms with Crippen LogP contribution in [0.4, 0.5) is 11.4 Å². The Morgan fingerprint density at radius 2 is 1.62 bits per heavy atom. The molecule has 0 bridgehead atoms. The zero-order chi connectivity index (χ0) is 22.6. The molecule has 32 heavy (non-hydrogen) atoms. The summed E-state index contributed by atoms with van der Waals surface area (Å²) in [6.07, 6.45) is 5.40. The van der Waals surface area contributed by atoms with Crippen LogP contribution in [0.15, 0.2) is 53.4 Å². The predicted molar refractivity (Wildman–Crippen MR) is 124 cm³/mol. The fourth-order valence-corrected chi connectivity index (χ4v) is 5.92. The van der Waals surface area contributed by atoms with Crippen LogP contribution in [0, 0.1) is 0 Å². The predicted octanol–water partition coefficient (Wildman–Crippen LogP) is 3.56. The van der Waals surface area contributed by atoms with Gasteiger partial charge in [0.1, 0.15) is 6.54 Å². The van der Waals surface area contributed by atoms with Gasteiger partial charge in [-0.1, -0.05) is 31.0 Å². The van der Waals surface area contributed by atoms with E-state index in [2.05, 4.69) is 5.32 Å². The van der Waals surface area contributed by atoms with Crippen molar-refractivity contribution in [3.8, 4) is 0 Å². The van der Waals surface area contributed by atoms with E-state index < -0.39 is 10.0 Å². The summed E-state index contributed by atoms with van der Waals surface area (Å²) in [5.41, 5.74) is 2.07. The first kappa shape index (κ1) is 22.5. The number of hydrogen-bond acceptors (Lipinski definition) is 4. The molecular formula is C24H29N3O4S. The average molecular weight is 456 g/mol. The first-order valence-electron chi connectivity index (χ1n) is 11.2. The van der Waals surface area contributed by atoms with Crippen LogP contribution >= 0.6 is 0 Å². The van der Waals surface area contributed by atoms with E-state index in [1.165, 1.54) is 4.90 Å². The van der Waals surface area contributed by atoms with Gasteiger partial charge in [-0.15, -0.1) is 0 Å². The Morgan fingerprint density at radius 3 is 2.34 bits per heavy atom. The van der Waals surface area contributed by atoms with Gasteiger partial charge in [-0.2, -0.15) is 4.31 Å². The number of para-hydroxylation sites is 1. The molecule has 2 aliphatic rings. The molecule has 2 heterocycles. The molecule has 0 atom stereocenters. The molecule has 170 valence electrons. The van der Waals surface area contributed by atoms with Crippen molar-refractivity contribution in [2.45, 2.75) is 49.8 Å². The van der Waals surface area contributed by atoms with Gasteiger partial charge < -0.3 is 10.2 Å². The first-order valence-corrected chi connectivity index (χ1v) is 12.7. The molecule has 1 N–H and O–H groups in total. The van der Waals surface area contributed by atoms with E-state index in [1.807, 2.05) is 18.2 Å². The summed E-state index contributed by atoms with van der Waals surface area (Å²) in [5, 5.41) is 2.81. The van der Waals surface area contributed by atoms with Crippen LogP contribution in [0.25, 0.3) is 0 Å². The maximum atomic E-state index is 13.2. The van der Waals surface area contributed by atoms with Gasteiger partial charge in [0.15, 0.2) is 0 Å². The summed E-state index contributed by atoms with van der Waals surface area (Å²) in [5.74, 6) is -0.422. The standard InChI is InChI=1S/C24H29N3O4S/c28-23(25-20-10-4-3-5-11-20)18-27-22-14-13-21(17-19(22)9-8-12-24(27)29)32(30,31)26-15-6-1-2-7-16-26/h3-5,10-11,13-14,17H,1-2,6-9,12,15-16,18H2,(H,25,28). The Hall–Kier alpha value is -2.71. The van der Waals surface area contributed by atoms with Crippen LogP contribution in [0.2, 0.25) is 0 Å². The van der Waals surface area contributed by atoms with Gasteiger partial charge in [0.25, 0.3) is 0 Å². The summed E-state index contributed by atoms with van der Waals surface area (Å²) < 4.78 is 28.0. The fraction of sp³-hybridized carbons (Fsp3) is 0.417. The zero-order valence-electron chi connectivity index (χ0n) is 18.1. The molecule has 7 nitrogen and oxygen atoms in total. The molecule has 0 radical (unpaired) electrons. The Bertz CT molecular complexity index is 1080. The van der Waals surface area contributed by atoms with Crippen molar-refractivity contribution in [2.75, 3.05) is 29.9 Å². The third-order valence-corrected chi connectivity index (χ3v) is 7.94. The van der Waals surface area contributed by atoms with Crippen LogP contribution < -0.4 is 10.2 Å². The minimum Gasteiger partial charge on any atom is -0.325 e. The number of amides is 2. The van der Waals surface area contributed by atoms with Crippen molar-refractivity contribution in [1.29, 1.82) is 0 Å². The maximum Gasteiger partial charge on any atom is 0.244 e. The number of nitrogens with zero attached hydrogens (tertiary/aromatic N) is 2. The smallest absolute Gasteiger partial charge is 0.244 e. The van der Waals surface area contributed by atoms with Crippen molar-refractivity contribution in [3.05, 3.63) is 54.1 Å². The number of hydrogen-bond donors (Lipinski definition) is 1. The van der Waals surface area contributed by atoms with Gasteiger partial charge in [0.2, 0.25) is 21.8 Å². The lowest BCUT2D eigenvalue weighted by Gasteiger charge is -2.24. The summed E-state index contributed by atoms with van der Waals surface area (Å²) in [7, 11) is -3.57. The largest absolute Gasteiger partial charge is 0.325 e. The Labute approximate surface area is 189 Å². The molecule has 8 heteroatoms. The highest BCUT2D eigenvalue weighted by molar-refractivity contribution is 7.89. The van der Waals surface area contributed by atoms with Crippen LogP contribution in [0.5, 0.6) is 0 Å². The van der Waals surface area contributed by atoms with E-state index in [-0.39, 0.29) is 23.3 Å². The van der Waals surface area contributed by atoms with Crippen molar-refractivity contribution >= 4 is 33.2 Å². The fourth-order valence-electron chi connectivity index (χ4n) is 4.36. The Morgan fingerprint density at radius 1 is 0.906 bits per heavy atom. The number of carbonyl (C=O) groups is 2. The molecule has 0 aliphatic carbocycles. The van der Waals surface area contributed by atoms with E-state index in [1.54, 1.807) is 34.6 Å². The van der Waals surface area contributed by atoms with E-state index in [0.29, 0.717) is 43.7 Å². The minimum atomic E-state index is -3.57. The zero-order valence-corrected chi connectivity index (χ0v) is 18.9. The van der Waals surface area contributed by atoms with Gasteiger partial charge in [-0.3, -0.25) is 9.59 Å². The van der Waals surface area contributed by atoms with Gasteiger partial charge in [-0.05, 0) is 61.6 Å². The number of fused-ring (bicyclic) bond motifs is 1. The molecule has 0 aromatic heterocycles. The molecule has 0 spiro atoms. The lowest BCUT2D eigenvalue weighted by Crippen LogP contribution is -2.38. The van der Waals surface area contributed by atoms with Crippen LogP contribution in [-0.4, -0.2) is 44.2 Å². The minimum absolute atomic E-state index is 0.112. The number of rotatable bonds is 5. The molecule has 2 aliphatic heterocycles. The van der Waals surface area contributed by atoms with E-state index >= 15 is 0 Å². The molecule has 0 unspecified atom stereocenters. The summed E-state index contributed by atoms with van der Waals surface area (Å²) in [4.78, 5) is 27.1. The number of anilines is 2. The van der Waals surface area contributed by atoms with E-state index in [0.717, 1.165) is 31.2 Å². The lowest BCUT2D eigenvalue weighted by molar-refractivity contribution is -0.121. The molecule has 1 saturated heterocycles. The maximum absolute atomic E-state index is 13.2. The molecule has 0 saturated carbocycles. The van der Waals surface area contributed by atoms with Crippen LogP contribution in [0.3, 0.4) is 0 Å². The second-order valence-electron chi connectivity index (χ2n) is 8.36. The number of sulfonamides is 1. The monoisotopic (exact) mass is 455 g/mol. The third kappa shape index (κ3) is 5.02. The summed E-state index contributed by atoms with van der Waals surface area (Å²) >= 11 is 0. The van der Waals surface area contributed by atoms with Gasteiger partial charge in [0.05, 0.1) is 4.90 Å². The van der Waals surface area contributed by atoms with Crippen molar-refractivity contribution in [1.82, 2.24) is 4.31 Å². The molecule has 1 fully saturated rings. The number of aryl methyl sites for hydroxylation is 1. The second-order valence-corrected chi connectivity index (χ2v) is 10.3. The summed E-state index contributed by atoms with van der Waals surface area (Å²) in [6.45, 7) is 0.978. The number of benzene rings is 2. The van der Waals surface area contributed by atoms with E-state index in [4.69, 9.17) is 0 Å². The summed E-state index contributed by atoms with van der Waals surface area (Å²) in [6, 6.07) is 14.0. The average Bonchev–Trinajstić information content (AvgIpc) is 3.15. The third-order valence-electron chi connectivity index (χ3n) is 6.04. The number of nitrogens with one attached hydrogen (secondary N) is 1. The first-order chi connectivity index (χ1) is 15.4. The second kappa shape index (κ2) is 9.83. The van der Waals surface area contributed by atoms with Crippen molar-refractivity contribution in [2.24, 2.45) is 0 Å². The highest BCUT2D eigenvalue weighted by Gasteiger charge is 2.29. The Balaban J connectivity index is 1.58. The topological polar surface area (TPSA) is 86.8 Å². The van der Waals surface area contributed by atoms with Crippen LogP contribution in [-0.2, 0) is 26.0 Å². The van der Waals surface area contributed by atoms with Gasteiger partial charge >= 0.3 is 0 Å². The quantitative estimate of drug-likeness (QED) is 0.747. The Kier molecular flexibility index (Phi) is 6.91. The molecular weight excluding hydrogens is 426 g/mol. The normalized spacial score (nSPS) is 17.9. The molecule has 2 amide bonds. The van der Waals surface area contributed by atoms with Crippen molar-refractivity contribution in [3.63, 3.8) is 0 Å².